The van der Waals surface area contributed by atoms with Crippen molar-refractivity contribution in [1.82, 2.24) is 10.1 Å². The first-order valence-corrected chi connectivity index (χ1v) is 4.82. The van der Waals surface area contributed by atoms with E-state index < -0.39 is 0 Å². The maximum Gasteiger partial charge on any atom is 0.277 e. The molecular formula is C11H11N3O2. The van der Waals surface area contributed by atoms with Gasteiger partial charge in [-0.3, -0.25) is 9.78 Å². The van der Waals surface area contributed by atoms with E-state index in [2.05, 4.69) is 15.5 Å². The summed E-state index contributed by atoms with van der Waals surface area (Å²) in [6.07, 6.45) is 1.60. The highest BCUT2D eigenvalue weighted by atomic mass is 16.5. The number of amides is 1. The van der Waals surface area contributed by atoms with Gasteiger partial charge in [0.1, 0.15) is 5.76 Å². The van der Waals surface area contributed by atoms with Gasteiger partial charge in [0.15, 0.2) is 5.69 Å². The summed E-state index contributed by atoms with van der Waals surface area (Å²) in [5.41, 5.74) is 1.80. The first kappa shape index (κ1) is 10.4. The standard InChI is InChI=1S/C11H11N3O2/c1-7-3-4-9(6-12-7)13-11(15)10-5-8(2)16-14-10/h3-6H,1-2H3,(H,13,15). The fourth-order valence-electron chi connectivity index (χ4n) is 1.21. The van der Waals surface area contributed by atoms with E-state index in [0.717, 1.165) is 5.69 Å². The van der Waals surface area contributed by atoms with Gasteiger partial charge >= 0.3 is 0 Å². The molecule has 2 heterocycles. The second kappa shape index (κ2) is 4.14. The Hall–Kier alpha value is -2.17. The number of hydrogen-bond donors (Lipinski definition) is 1. The third kappa shape index (κ3) is 2.25. The number of nitrogens with zero attached hydrogens (tertiary/aromatic N) is 2. The van der Waals surface area contributed by atoms with Crippen molar-refractivity contribution in [3.8, 4) is 0 Å². The summed E-state index contributed by atoms with van der Waals surface area (Å²) in [7, 11) is 0. The van der Waals surface area contributed by atoms with Crippen molar-refractivity contribution in [1.29, 1.82) is 0 Å². The third-order valence-electron chi connectivity index (χ3n) is 2.03. The van der Waals surface area contributed by atoms with E-state index in [1.165, 1.54) is 0 Å². The van der Waals surface area contributed by atoms with Crippen LogP contribution < -0.4 is 5.32 Å². The van der Waals surface area contributed by atoms with Crippen LogP contribution in [0.4, 0.5) is 5.69 Å². The molecule has 0 saturated heterocycles. The Kier molecular flexibility index (Phi) is 2.68. The average Bonchev–Trinajstić information content (AvgIpc) is 2.68. The van der Waals surface area contributed by atoms with E-state index in [-0.39, 0.29) is 11.6 Å². The zero-order valence-electron chi connectivity index (χ0n) is 9.02. The number of nitrogens with one attached hydrogen (secondary N) is 1. The molecule has 82 valence electrons. The number of anilines is 1. The first-order chi connectivity index (χ1) is 7.65. The lowest BCUT2D eigenvalue weighted by Crippen LogP contribution is -2.12. The molecule has 0 aliphatic rings. The fourth-order valence-corrected chi connectivity index (χ4v) is 1.21. The maximum atomic E-state index is 11.7. The lowest BCUT2D eigenvalue weighted by molar-refractivity contribution is 0.101. The van der Waals surface area contributed by atoms with Crippen LogP contribution >= 0.6 is 0 Å². The zero-order chi connectivity index (χ0) is 11.5. The predicted octanol–water partition coefficient (Wildman–Crippen LogP) is 1.94. The fraction of sp³-hybridized carbons (Fsp3) is 0.182. The van der Waals surface area contributed by atoms with Crippen molar-refractivity contribution in [3.05, 3.63) is 41.5 Å². The second-order valence-electron chi connectivity index (χ2n) is 3.47. The van der Waals surface area contributed by atoms with Crippen molar-refractivity contribution in [3.63, 3.8) is 0 Å². The molecule has 0 aromatic carbocycles. The van der Waals surface area contributed by atoms with Crippen LogP contribution in [0, 0.1) is 13.8 Å². The minimum Gasteiger partial charge on any atom is -0.361 e. The Balaban J connectivity index is 2.10. The highest BCUT2D eigenvalue weighted by Gasteiger charge is 2.10. The summed E-state index contributed by atoms with van der Waals surface area (Å²) in [6.45, 7) is 3.61. The van der Waals surface area contributed by atoms with Crippen molar-refractivity contribution in [2.45, 2.75) is 13.8 Å². The van der Waals surface area contributed by atoms with Gasteiger partial charge in [0.2, 0.25) is 0 Å². The number of carbonyl (C=O) groups is 1. The number of rotatable bonds is 2. The molecule has 0 unspecified atom stereocenters. The molecule has 2 rings (SSSR count). The van der Waals surface area contributed by atoms with Crippen molar-refractivity contribution < 1.29 is 9.32 Å². The molecule has 0 bridgehead atoms. The topological polar surface area (TPSA) is 68.0 Å². The minimum atomic E-state index is -0.303. The molecule has 0 saturated carbocycles. The monoisotopic (exact) mass is 217 g/mol. The number of carbonyl (C=O) groups excluding carboxylic acids is 1. The van der Waals surface area contributed by atoms with Crippen LogP contribution in [0.25, 0.3) is 0 Å². The van der Waals surface area contributed by atoms with Crippen LogP contribution in [0.3, 0.4) is 0 Å². The van der Waals surface area contributed by atoms with Crippen LogP contribution in [0.2, 0.25) is 0 Å². The Bertz CT molecular complexity index is 502. The van der Waals surface area contributed by atoms with Crippen LogP contribution in [0.15, 0.2) is 28.9 Å². The van der Waals surface area contributed by atoms with Gasteiger partial charge in [0.25, 0.3) is 5.91 Å². The van der Waals surface area contributed by atoms with Crippen molar-refractivity contribution in [2.24, 2.45) is 0 Å². The van der Waals surface area contributed by atoms with Crippen LogP contribution in [0.5, 0.6) is 0 Å². The highest BCUT2D eigenvalue weighted by molar-refractivity contribution is 6.02. The van der Waals surface area contributed by atoms with Crippen LogP contribution in [0.1, 0.15) is 21.9 Å². The average molecular weight is 217 g/mol. The molecule has 2 aromatic rings. The summed E-state index contributed by atoms with van der Waals surface area (Å²) < 4.78 is 4.82. The van der Waals surface area contributed by atoms with Gasteiger partial charge < -0.3 is 9.84 Å². The maximum absolute atomic E-state index is 11.7. The van der Waals surface area contributed by atoms with E-state index in [1.54, 1.807) is 25.3 Å². The third-order valence-corrected chi connectivity index (χ3v) is 2.03. The number of hydrogen-bond acceptors (Lipinski definition) is 4. The number of pyridine rings is 1. The predicted molar refractivity (Wildman–Crippen MR) is 58.2 cm³/mol. The van der Waals surface area contributed by atoms with Gasteiger partial charge in [-0.05, 0) is 26.0 Å². The Labute approximate surface area is 92.5 Å². The molecule has 0 atom stereocenters. The molecule has 0 aliphatic carbocycles. The highest BCUT2D eigenvalue weighted by Crippen LogP contribution is 2.08. The van der Waals surface area contributed by atoms with Gasteiger partial charge in [-0.2, -0.15) is 0 Å². The lowest BCUT2D eigenvalue weighted by atomic mass is 10.3. The molecule has 0 spiro atoms. The summed E-state index contributed by atoms with van der Waals surface area (Å²) >= 11 is 0. The molecule has 2 aromatic heterocycles. The van der Waals surface area contributed by atoms with Crippen LogP contribution in [-0.4, -0.2) is 16.0 Å². The lowest BCUT2D eigenvalue weighted by Gasteiger charge is -2.01. The van der Waals surface area contributed by atoms with Gasteiger partial charge in [-0.25, -0.2) is 0 Å². The van der Waals surface area contributed by atoms with Crippen LogP contribution in [-0.2, 0) is 0 Å². The van der Waals surface area contributed by atoms with Crippen molar-refractivity contribution >= 4 is 11.6 Å². The molecule has 5 nitrogen and oxygen atoms in total. The van der Waals surface area contributed by atoms with Gasteiger partial charge in [-0.15, -0.1) is 0 Å². The summed E-state index contributed by atoms with van der Waals surface area (Å²) in [4.78, 5) is 15.7. The molecule has 0 radical (unpaired) electrons. The van der Waals surface area contributed by atoms with E-state index in [4.69, 9.17) is 4.52 Å². The van der Waals surface area contributed by atoms with Gasteiger partial charge in [0, 0.05) is 11.8 Å². The summed E-state index contributed by atoms with van der Waals surface area (Å²) in [6, 6.07) is 5.19. The molecule has 1 N–H and O–H groups in total. The van der Waals surface area contributed by atoms with E-state index in [1.807, 2.05) is 13.0 Å². The quantitative estimate of drug-likeness (QED) is 0.834. The van der Waals surface area contributed by atoms with E-state index >= 15 is 0 Å². The SMILES string of the molecule is Cc1ccc(NC(=O)c2cc(C)on2)cn1. The molecule has 0 aliphatic heterocycles. The smallest absolute Gasteiger partial charge is 0.277 e. The Morgan fingerprint density at radius 1 is 1.38 bits per heavy atom. The molecule has 16 heavy (non-hydrogen) atoms. The van der Waals surface area contributed by atoms with Crippen molar-refractivity contribution in [2.75, 3.05) is 5.32 Å². The Morgan fingerprint density at radius 3 is 2.75 bits per heavy atom. The molecular weight excluding hydrogens is 206 g/mol. The van der Waals surface area contributed by atoms with E-state index in [0.29, 0.717) is 11.4 Å². The minimum absolute atomic E-state index is 0.262. The summed E-state index contributed by atoms with van der Waals surface area (Å²) in [5.74, 6) is 0.301. The number of aryl methyl sites for hydroxylation is 2. The first-order valence-electron chi connectivity index (χ1n) is 4.82. The second-order valence-corrected chi connectivity index (χ2v) is 3.47. The Morgan fingerprint density at radius 2 is 2.19 bits per heavy atom. The molecule has 1 amide bonds. The van der Waals surface area contributed by atoms with E-state index in [9.17, 15) is 4.79 Å². The largest absolute Gasteiger partial charge is 0.361 e. The van der Waals surface area contributed by atoms with Gasteiger partial charge in [-0.1, -0.05) is 5.16 Å². The summed E-state index contributed by atoms with van der Waals surface area (Å²) in [5, 5.41) is 6.30. The normalized spacial score (nSPS) is 10.1. The number of aromatic nitrogens is 2. The molecule has 5 heteroatoms. The van der Waals surface area contributed by atoms with Gasteiger partial charge in [0.05, 0.1) is 11.9 Å². The molecule has 0 fully saturated rings. The zero-order valence-corrected chi connectivity index (χ0v) is 9.02.